The Morgan fingerprint density at radius 3 is 2.75 bits per heavy atom. The monoisotopic (exact) mass is 216 g/mol. The summed E-state index contributed by atoms with van der Waals surface area (Å²) >= 11 is 0. The van der Waals surface area contributed by atoms with Gasteiger partial charge in [-0.1, -0.05) is 43.7 Å². The summed E-state index contributed by atoms with van der Waals surface area (Å²) in [5, 5.41) is 9.63. The molecule has 0 saturated heterocycles. The van der Waals surface area contributed by atoms with Crippen LogP contribution in [0.15, 0.2) is 18.2 Å². The zero-order valence-corrected chi connectivity index (χ0v) is 10.4. The standard InChI is InChI=1S/C15H20O/c1-4-5-9-15(16)11-10-14-8-6-7-12(2)13(14)3/h6-8,15-16H,4-5,9H2,1-3H3. The average molecular weight is 216 g/mol. The molecule has 1 rings (SSSR count). The molecule has 0 amide bonds. The summed E-state index contributed by atoms with van der Waals surface area (Å²) < 4.78 is 0. The fourth-order valence-corrected chi connectivity index (χ4v) is 1.52. The molecule has 1 heteroatoms. The minimum absolute atomic E-state index is 0.486. The lowest BCUT2D eigenvalue weighted by Gasteiger charge is -2.03. The van der Waals surface area contributed by atoms with E-state index in [0.717, 1.165) is 24.8 Å². The van der Waals surface area contributed by atoms with Crippen molar-refractivity contribution < 1.29 is 5.11 Å². The van der Waals surface area contributed by atoms with Gasteiger partial charge in [-0.3, -0.25) is 0 Å². The quantitative estimate of drug-likeness (QED) is 0.769. The summed E-state index contributed by atoms with van der Waals surface area (Å²) in [6.07, 6.45) is 2.42. The van der Waals surface area contributed by atoms with Gasteiger partial charge < -0.3 is 5.11 Å². The highest BCUT2D eigenvalue weighted by atomic mass is 16.3. The molecular formula is C15H20O. The summed E-state index contributed by atoms with van der Waals surface area (Å²) in [5.74, 6) is 5.97. The highest BCUT2D eigenvalue weighted by Crippen LogP contribution is 2.11. The highest BCUT2D eigenvalue weighted by Gasteiger charge is 1.99. The van der Waals surface area contributed by atoms with Crippen molar-refractivity contribution in [3.05, 3.63) is 34.9 Å². The van der Waals surface area contributed by atoms with Gasteiger partial charge in [0.05, 0.1) is 0 Å². The number of benzene rings is 1. The van der Waals surface area contributed by atoms with Crippen LogP contribution in [0.1, 0.15) is 42.9 Å². The van der Waals surface area contributed by atoms with Crippen LogP contribution in [-0.4, -0.2) is 11.2 Å². The molecule has 1 nitrogen and oxygen atoms in total. The van der Waals surface area contributed by atoms with Gasteiger partial charge in [0.25, 0.3) is 0 Å². The molecule has 0 spiro atoms. The maximum atomic E-state index is 9.63. The van der Waals surface area contributed by atoms with Gasteiger partial charge in [-0.2, -0.15) is 0 Å². The minimum atomic E-state index is -0.486. The summed E-state index contributed by atoms with van der Waals surface area (Å²) in [4.78, 5) is 0. The molecule has 0 aromatic heterocycles. The SMILES string of the molecule is CCCCC(O)C#Cc1cccc(C)c1C. The minimum Gasteiger partial charge on any atom is -0.380 e. The number of rotatable bonds is 3. The second-order valence-corrected chi connectivity index (χ2v) is 4.17. The van der Waals surface area contributed by atoms with E-state index in [-0.39, 0.29) is 0 Å². The van der Waals surface area contributed by atoms with Crippen LogP contribution in [0.2, 0.25) is 0 Å². The highest BCUT2D eigenvalue weighted by molar-refractivity contribution is 5.44. The maximum Gasteiger partial charge on any atom is 0.115 e. The fraction of sp³-hybridized carbons (Fsp3) is 0.467. The van der Waals surface area contributed by atoms with Crippen molar-refractivity contribution in [1.29, 1.82) is 0 Å². The van der Waals surface area contributed by atoms with E-state index in [1.54, 1.807) is 0 Å². The van der Waals surface area contributed by atoms with Crippen molar-refractivity contribution in [3.8, 4) is 11.8 Å². The molecule has 0 fully saturated rings. The Hall–Kier alpha value is -1.26. The first-order valence-corrected chi connectivity index (χ1v) is 5.91. The van der Waals surface area contributed by atoms with E-state index < -0.39 is 6.10 Å². The molecule has 0 saturated carbocycles. The molecule has 1 N–H and O–H groups in total. The van der Waals surface area contributed by atoms with Gasteiger partial charge in [0.1, 0.15) is 6.10 Å². The Labute approximate surface area is 98.5 Å². The predicted octanol–water partition coefficient (Wildman–Crippen LogP) is 3.21. The number of unbranched alkanes of at least 4 members (excludes halogenated alkanes) is 1. The molecule has 1 aromatic rings. The van der Waals surface area contributed by atoms with Crippen molar-refractivity contribution in [2.45, 2.75) is 46.1 Å². The van der Waals surface area contributed by atoms with Crippen molar-refractivity contribution in [2.24, 2.45) is 0 Å². The Morgan fingerprint density at radius 2 is 2.06 bits per heavy atom. The summed E-state index contributed by atoms with van der Waals surface area (Å²) in [6, 6.07) is 6.08. The third-order valence-corrected chi connectivity index (χ3v) is 2.81. The number of aryl methyl sites for hydroxylation is 1. The zero-order valence-electron chi connectivity index (χ0n) is 10.4. The van der Waals surface area contributed by atoms with Crippen LogP contribution in [0.4, 0.5) is 0 Å². The molecule has 16 heavy (non-hydrogen) atoms. The third kappa shape index (κ3) is 3.72. The van der Waals surface area contributed by atoms with Gasteiger partial charge in [0.2, 0.25) is 0 Å². The van der Waals surface area contributed by atoms with E-state index >= 15 is 0 Å². The number of hydrogen-bond acceptors (Lipinski definition) is 1. The zero-order chi connectivity index (χ0) is 12.0. The number of aliphatic hydroxyl groups is 1. The van der Waals surface area contributed by atoms with Crippen molar-refractivity contribution in [1.82, 2.24) is 0 Å². The molecule has 0 heterocycles. The second kappa shape index (κ2) is 6.35. The Kier molecular flexibility index (Phi) is 5.08. The Morgan fingerprint density at radius 1 is 1.31 bits per heavy atom. The van der Waals surface area contributed by atoms with E-state index in [4.69, 9.17) is 0 Å². The number of aliphatic hydroxyl groups excluding tert-OH is 1. The van der Waals surface area contributed by atoms with Crippen LogP contribution < -0.4 is 0 Å². The molecule has 0 radical (unpaired) electrons. The topological polar surface area (TPSA) is 20.2 Å². The van der Waals surface area contributed by atoms with Crippen LogP contribution in [0, 0.1) is 25.7 Å². The summed E-state index contributed by atoms with van der Waals surface area (Å²) in [7, 11) is 0. The van der Waals surface area contributed by atoms with E-state index in [1.165, 1.54) is 11.1 Å². The molecule has 0 aliphatic carbocycles. The number of hydrogen-bond donors (Lipinski definition) is 1. The molecule has 0 aliphatic heterocycles. The van der Waals surface area contributed by atoms with Crippen molar-refractivity contribution in [2.75, 3.05) is 0 Å². The first kappa shape index (κ1) is 12.8. The van der Waals surface area contributed by atoms with Gasteiger partial charge in [0, 0.05) is 5.56 Å². The van der Waals surface area contributed by atoms with Gasteiger partial charge in [-0.25, -0.2) is 0 Å². The Balaban J connectivity index is 2.72. The molecule has 0 aliphatic rings. The maximum absolute atomic E-state index is 9.63. The average Bonchev–Trinajstić information content (AvgIpc) is 2.28. The van der Waals surface area contributed by atoms with Crippen LogP contribution in [0.25, 0.3) is 0 Å². The second-order valence-electron chi connectivity index (χ2n) is 4.17. The lowest BCUT2D eigenvalue weighted by Crippen LogP contribution is -2.02. The predicted molar refractivity (Wildman–Crippen MR) is 68.3 cm³/mol. The van der Waals surface area contributed by atoms with Crippen LogP contribution >= 0.6 is 0 Å². The lowest BCUT2D eigenvalue weighted by atomic mass is 10.0. The third-order valence-electron chi connectivity index (χ3n) is 2.81. The van der Waals surface area contributed by atoms with Gasteiger partial charge in [-0.05, 0) is 37.5 Å². The molecule has 0 bridgehead atoms. The van der Waals surface area contributed by atoms with E-state index in [1.807, 2.05) is 12.1 Å². The smallest absolute Gasteiger partial charge is 0.115 e. The first-order valence-electron chi connectivity index (χ1n) is 5.91. The van der Waals surface area contributed by atoms with E-state index in [2.05, 4.69) is 38.7 Å². The van der Waals surface area contributed by atoms with Crippen LogP contribution in [0.5, 0.6) is 0 Å². The van der Waals surface area contributed by atoms with Gasteiger partial charge in [0.15, 0.2) is 0 Å². The van der Waals surface area contributed by atoms with Crippen molar-refractivity contribution >= 4 is 0 Å². The Bertz CT molecular complexity index is 396. The molecular weight excluding hydrogens is 196 g/mol. The summed E-state index contributed by atoms with van der Waals surface area (Å²) in [5.41, 5.74) is 3.48. The molecule has 1 aromatic carbocycles. The largest absolute Gasteiger partial charge is 0.380 e. The molecule has 1 unspecified atom stereocenters. The van der Waals surface area contributed by atoms with Gasteiger partial charge >= 0.3 is 0 Å². The lowest BCUT2D eigenvalue weighted by molar-refractivity contribution is 0.218. The first-order chi connectivity index (χ1) is 7.65. The fourth-order valence-electron chi connectivity index (χ4n) is 1.52. The normalized spacial score (nSPS) is 11.8. The van der Waals surface area contributed by atoms with E-state index in [9.17, 15) is 5.11 Å². The van der Waals surface area contributed by atoms with Crippen molar-refractivity contribution in [3.63, 3.8) is 0 Å². The molecule has 1 atom stereocenters. The van der Waals surface area contributed by atoms with Crippen LogP contribution in [-0.2, 0) is 0 Å². The summed E-state index contributed by atoms with van der Waals surface area (Å²) in [6.45, 7) is 6.26. The van der Waals surface area contributed by atoms with Gasteiger partial charge in [-0.15, -0.1) is 0 Å². The van der Waals surface area contributed by atoms with Crippen LogP contribution in [0.3, 0.4) is 0 Å². The molecule has 86 valence electrons. The van der Waals surface area contributed by atoms with E-state index in [0.29, 0.717) is 0 Å².